The Hall–Kier alpha value is -1.30. The number of nitrogen functional groups attached to an aromatic ring is 1. The van der Waals surface area contributed by atoms with Gasteiger partial charge >= 0.3 is 0 Å². The average molecular weight is 282 g/mol. The molecule has 1 aromatic heterocycles. The van der Waals surface area contributed by atoms with Crippen molar-refractivity contribution < 1.29 is 4.79 Å². The van der Waals surface area contributed by atoms with Crippen LogP contribution in [0.5, 0.6) is 0 Å². The SMILES string of the molecule is CC1CCCCCN1C(=O)c1sc(N(C)C)nc1N. The quantitative estimate of drug-likeness (QED) is 0.903. The molecule has 0 spiro atoms. The molecule has 0 aliphatic carbocycles. The Morgan fingerprint density at radius 3 is 2.79 bits per heavy atom. The highest BCUT2D eigenvalue weighted by Crippen LogP contribution is 2.29. The largest absolute Gasteiger partial charge is 0.382 e. The van der Waals surface area contributed by atoms with Gasteiger partial charge in [0.15, 0.2) is 5.13 Å². The van der Waals surface area contributed by atoms with Gasteiger partial charge in [0.1, 0.15) is 10.7 Å². The summed E-state index contributed by atoms with van der Waals surface area (Å²) in [4.78, 5) is 21.3. The van der Waals surface area contributed by atoms with Crippen molar-refractivity contribution in [1.29, 1.82) is 0 Å². The first kappa shape index (κ1) is 14.1. The molecule has 2 heterocycles. The summed E-state index contributed by atoms with van der Waals surface area (Å²) in [5, 5.41) is 0.781. The van der Waals surface area contributed by atoms with Gasteiger partial charge in [-0.3, -0.25) is 4.79 Å². The summed E-state index contributed by atoms with van der Waals surface area (Å²) in [7, 11) is 3.81. The summed E-state index contributed by atoms with van der Waals surface area (Å²) in [6, 6.07) is 0.291. The van der Waals surface area contributed by atoms with Crippen molar-refractivity contribution in [3.63, 3.8) is 0 Å². The van der Waals surface area contributed by atoms with Crippen LogP contribution in [-0.2, 0) is 0 Å². The number of anilines is 2. The lowest BCUT2D eigenvalue weighted by Gasteiger charge is -2.26. The van der Waals surface area contributed by atoms with E-state index in [0.29, 0.717) is 16.7 Å². The number of rotatable bonds is 2. The van der Waals surface area contributed by atoms with Crippen LogP contribution in [0.3, 0.4) is 0 Å². The third kappa shape index (κ3) is 3.00. The Kier molecular flexibility index (Phi) is 4.29. The average Bonchev–Trinajstić information content (AvgIpc) is 2.62. The molecule has 1 atom stereocenters. The van der Waals surface area contributed by atoms with E-state index in [9.17, 15) is 4.79 Å². The molecule has 1 saturated heterocycles. The molecule has 0 bridgehead atoms. The molecule has 0 radical (unpaired) electrons. The third-order valence-electron chi connectivity index (χ3n) is 3.53. The molecule has 5 nitrogen and oxygen atoms in total. The summed E-state index contributed by atoms with van der Waals surface area (Å²) in [6.07, 6.45) is 4.56. The van der Waals surface area contributed by atoms with Crippen molar-refractivity contribution in [2.24, 2.45) is 0 Å². The van der Waals surface area contributed by atoms with E-state index < -0.39 is 0 Å². The normalized spacial score (nSPS) is 20.2. The van der Waals surface area contributed by atoms with Crippen LogP contribution < -0.4 is 10.6 Å². The zero-order valence-corrected chi connectivity index (χ0v) is 12.7. The summed E-state index contributed by atoms with van der Waals surface area (Å²) in [5.41, 5.74) is 5.90. The van der Waals surface area contributed by atoms with Gasteiger partial charge in [-0.2, -0.15) is 0 Å². The highest BCUT2D eigenvalue weighted by atomic mass is 32.1. The predicted molar refractivity (Wildman–Crippen MR) is 79.8 cm³/mol. The number of hydrogen-bond donors (Lipinski definition) is 1. The molecule has 6 heteroatoms. The maximum Gasteiger partial charge on any atom is 0.268 e. The molecular formula is C13H22N4OS. The van der Waals surface area contributed by atoms with Crippen LogP contribution in [0.15, 0.2) is 0 Å². The van der Waals surface area contributed by atoms with Crippen molar-refractivity contribution in [2.75, 3.05) is 31.3 Å². The standard InChI is InChI=1S/C13H22N4OS/c1-9-7-5-4-6-8-17(9)12(18)10-11(14)15-13(19-10)16(2)3/h9H,4-8,14H2,1-3H3. The number of nitrogens with zero attached hydrogens (tertiary/aromatic N) is 3. The van der Waals surface area contributed by atoms with Gasteiger partial charge in [-0.15, -0.1) is 0 Å². The van der Waals surface area contributed by atoms with Crippen LogP contribution in [0.1, 0.15) is 42.3 Å². The lowest BCUT2D eigenvalue weighted by atomic mass is 10.1. The number of nitrogens with two attached hydrogens (primary N) is 1. The number of carbonyl (C=O) groups is 1. The second kappa shape index (κ2) is 5.77. The van der Waals surface area contributed by atoms with Crippen molar-refractivity contribution >= 4 is 28.2 Å². The fourth-order valence-electron chi connectivity index (χ4n) is 2.37. The van der Waals surface area contributed by atoms with E-state index in [0.717, 1.165) is 24.5 Å². The molecule has 1 fully saturated rings. The molecule has 106 valence electrons. The Balaban J connectivity index is 2.22. The van der Waals surface area contributed by atoms with E-state index in [4.69, 9.17) is 5.73 Å². The van der Waals surface area contributed by atoms with Crippen LogP contribution >= 0.6 is 11.3 Å². The van der Waals surface area contributed by atoms with E-state index in [2.05, 4.69) is 11.9 Å². The minimum atomic E-state index is 0.0394. The number of amides is 1. The van der Waals surface area contributed by atoms with Gasteiger partial charge in [-0.25, -0.2) is 4.98 Å². The van der Waals surface area contributed by atoms with Crippen molar-refractivity contribution in [2.45, 2.75) is 38.6 Å². The number of aromatic nitrogens is 1. The summed E-state index contributed by atoms with van der Waals surface area (Å²) < 4.78 is 0. The van der Waals surface area contributed by atoms with Gasteiger partial charge in [0, 0.05) is 26.7 Å². The number of likely N-dealkylation sites (tertiary alicyclic amines) is 1. The molecule has 19 heavy (non-hydrogen) atoms. The summed E-state index contributed by atoms with van der Waals surface area (Å²) >= 11 is 1.38. The third-order valence-corrected chi connectivity index (χ3v) is 4.76. The molecule has 2 N–H and O–H groups in total. The number of carbonyl (C=O) groups excluding carboxylic acids is 1. The fourth-order valence-corrected chi connectivity index (χ4v) is 3.24. The van der Waals surface area contributed by atoms with Crippen LogP contribution in [0.4, 0.5) is 10.9 Å². The highest BCUT2D eigenvalue weighted by Gasteiger charge is 2.27. The van der Waals surface area contributed by atoms with Gasteiger partial charge in [-0.1, -0.05) is 24.2 Å². The number of hydrogen-bond acceptors (Lipinski definition) is 5. The predicted octanol–water partition coefficient (Wildman–Crippen LogP) is 2.20. The number of thiazole rings is 1. The van der Waals surface area contributed by atoms with Gasteiger partial charge in [0.2, 0.25) is 0 Å². The highest BCUT2D eigenvalue weighted by molar-refractivity contribution is 7.18. The Morgan fingerprint density at radius 1 is 1.42 bits per heavy atom. The van der Waals surface area contributed by atoms with E-state index in [-0.39, 0.29) is 5.91 Å². The van der Waals surface area contributed by atoms with Crippen LogP contribution in [-0.4, -0.2) is 42.5 Å². The Labute approximate surface area is 118 Å². The van der Waals surface area contributed by atoms with E-state index in [1.807, 2.05) is 23.9 Å². The fraction of sp³-hybridized carbons (Fsp3) is 0.692. The van der Waals surface area contributed by atoms with Gasteiger partial charge in [-0.05, 0) is 19.8 Å². The topological polar surface area (TPSA) is 62.5 Å². The van der Waals surface area contributed by atoms with E-state index in [1.165, 1.54) is 24.2 Å². The second-order valence-electron chi connectivity index (χ2n) is 5.30. The van der Waals surface area contributed by atoms with E-state index in [1.54, 1.807) is 0 Å². The van der Waals surface area contributed by atoms with Gasteiger partial charge in [0.05, 0.1) is 0 Å². The molecule has 1 aromatic rings. The molecule has 0 saturated carbocycles. The van der Waals surface area contributed by atoms with Crippen LogP contribution in [0, 0.1) is 0 Å². The first-order chi connectivity index (χ1) is 9.00. The van der Waals surface area contributed by atoms with Crippen molar-refractivity contribution in [3.8, 4) is 0 Å². The summed E-state index contributed by atoms with van der Waals surface area (Å²) in [6.45, 7) is 2.95. The van der Waals surface area contributed by atoms with E-state index >= 15 is 0 Å². The molecule has 1 aliphatic heterocycles. The maximum absolute atomic E-state index is 12.6. The Bertz CT molecular complexity index is 457. The monoisotopic (exact) mass is 282 g/mol. The molecule has 1 unspecified atom stereocenters. The minimum absolute atomic E-state index is 0.0394. The molecule has 2 rings (SSSR count). The minimum Gasteiger partial charge on any atom is -0.382 e. The van der Waals surface area contributed by atoms with Crippen molar-refractivity contribution in [3.05, 3.63) is 4.88 Å². The molecule has 1 amide bonds. The maximum atomic E-state index is 12.6. The van der Waals surface area contributed by atoms with Crippen LogP contribution in [0.25, 0.3) is 0 Å². The van der Waals surface area contributed by atoms with Crippen molar-refractivity contribution in [1.82, 2.24) is 9.88 Å². The molecular weight excluding hydrogens is 260 g/mol. The first-order valence-electron chi connectivity index (χ1n) is 6.75. The lowest BCUT2D eigenvalue weighted by molar-refractivity contribution is 0.0703. The zero-order valence-electron chi connectivity index (χ0n) is 11.8. The Morgan fingerprint density at radius 2 is 2.16 bits per heavy atom. The molecule has 1 aliphatic rings. The van der Waals surface area contributed by atoms with Gasteiger partial charge in [0.25, 0.3) is 5.91 Å². The van der Waals surface area contributed by atoms with Crippen LogP contribution in [0.2, 0.25) is 0 Å². The first-order valence-corrected chi connectivity index (χ1v) is 7.57. The lowest BCUT2D eigenvalue weighted by Crippen LogP contribution is -2.38. The smallest absolute Gasteiger partial charge is 0.268 e. The van der Waals surface area contributed by atoms with Gasteiger partial charge < -0.3 is 15.5 Å². The molecule has 0 aromatic carbocycles. The zero-order chi connectivity index (χ0) is 14.0. The second-order valence-corrected chi connectivity index (χ2v) is 6.28. The summed E-state index contributed by atoms with van der Waals surface area (Å²) in [5.74, 6) is 0.396.